The van der Waals surface area contributed by atoms with E-state index in [4.69, 9.17) is 0 Å². The van der Waals surface area contributed by atoms with Crippen LogP contribution in [-0.4, -0.2) is 61.0 Å². The fourth-order valence-electron chi connectivity index (χ4n) is 2.62. The van der Waals surface area contributed by atoms with Crippen molar-refractivity contribution < 1.29 is 4.79 Å². The van der Waals surface area contributed by atoms with Gasteiger partial charge in [-0.2, -0.15) is 0 Å². The molecule has 0 bridgehead atoms. The van der Waals surface area contributed by atoms with Crippen molar-refractivity contribution >= 4 is 5.91 Å². The molecule has 1 N–H and O–H groups in total. The number of piperidine rings is 1. The summed E-state index contributed by atoms with van der Waals surface area (Å²) >= 11 is 0. The first kappa shape index (κ1) is 11.9. The van der Waals surface area contributed by atoms with Gasteiger partial charge in [-0.1, -0.05) is 0 Å². The van der Waals surface area contributed by atoms with Crippen LogP contribution in [0.25, 0.3) is 0 Å². The van der Waals surface area contributed by atoms with Gasteiger partial charge in [0.1, 0.15) is 0 Å². The number of rotatable bonds is 2. The first-order valence-corrected chi connectivity index (χ1v) is 6.50. The molecule has 0 saturated carbocycles. The van der Waals surface area contributed by atoms with Crippen molar-refractivity contribution in [2.75, 3.05) is 39.3 Å². The Kier molecular flexibility index (Phi) is 4.18. The summed E-state index contributed by atoms with van der Waals surface area (Å²) in [6.45, 7) is 7.81. The van der Waals surface area contributed by atoms with E-state index in [1.807, 2.05) is 0 Å². The van der Waals surface area contributed by atoms with E-state index in [9.17, 15) is 4.79 Å². The van der Waals surface area contributed by atoms with Crippen LogP contribution < -0.4 is 5.32 Å². The highest BCUT2D eigenvalue weighted by Gasteiger charge is 2.24. The van der Waals surface area contributed by atoms with Gasteiger partial charge in [0, 0.05) is 38.8 Å². The van der Waals surface area contributed by atoms with Gasteiger partial charge in [0.15, 0.2) is 0 Å². The van der Waals surface area contributed by atoms with E-state index in [0.29, 0.717) is 18.5 Å². The third-order valence-corrected chi connectivity index (χ3v) is 3.69. The number of likely N-dealkylation sites (tertiary alicyclic amines) is 1. The van der Waals surface area contributed by atoms with Crippen molar-refractivity contribution in [2.24, 2.45) is 0 Å². The maximum Gasteiger partial charge on any atom is 0.236 e. The smallest absolute Gasteiger partial charge is 0.236 e. The van der Waals surface area contributed by atoms with Gasteiger partial charge in [0.25, 0.3) is 0 Å². The quantitative estimate of drug-likeness (QED) is 0.734. The van der Waals surface area contributed by atoms with Crippen LogP contribution in [0.5, 0.6) is 0 Å². The molecule has 2 fully saturated rings. The second-order valence-electron chi connectivity index (χ2n) is 4.96. The topological polar surface area (TPSA) is 35.6 Å². The van der Waals surface area contributed by atoms with Crippen LogP contribution in [0.15, 0.2) is 0 Å². The van der Waals surface area contributed by atoms with Crippen molar-refractivity contribution in [1.82, 2.24) is 15.1 Å². The maximum atomic E-state index is 12.1. The average Bonchev–Trinajstić information content (AvgIpc) is 2.31. The normalized spacial score (nSPS) is 28.1. The number of piperazine rings is 1. The van der Waals surface area contributed by atoms with E-state index in [0.717, 1.165) is 32.7 Å². The number of hydrogen-bond donors (Lipinski definition) is 1. The Labute approximate surface area is 98.0 Å². The summed E-state index contributed by atoms with van der Waals surface area (Å²) in [5, 5.41) is 3.31. The molecule has 92 valence electrons. The molecule has 2 aliphatic heterocycles. The van der Waals surface area contributed by atoms with Gasteiger partial charge in [-0.05, 0) is 26.2 Å². The fraction of sp³-hybridized carbons (Fsp3) is 0.917. The van der Waals surface area contributed by atoms with Crippen LogP contribution in [0.2, 0.25) is 0 Å². The summed E-state index contributed by atoms with van der Waals surface area (Å²) in [7, 11) is 0. The molecule has 2 heterocycles. The first-order chi connectivity index (χ1) is 7.77. The molecule has 2 rings (SSSR count). The van der Waals surface area contributed by atoms with Crippen LogP contribution in [-0.2, 0) is 4.79 Å². The summed E-state index contributed by atoms with van der Waals surface area (Å²) in [6.07, 6.45) is 3.63. The second-order valence-corrected chi connectivity index (χ2v) is 4.96. The van der Waals surface area contributed by atoms with Crippen LogP contribution in [0.3, 0.4) is 0 Å². The average molecular weight is 225 g/mol. The lowest BCUT2D eigenvalue weighted by Crippen LogP contribution is -2.51. The highest BCUT2D eigenvalue weighted by Crippen LogP contribution is 2.16. The molecule has 1 atom stereocenters. The van der Waals surface area contributed by atoms with Crippen molar-refractivity contribution in [1.29, 1.82) is 0 Å². The second kappa shape index (κ2) is 5.64. The minimum Gasteiger partial charge on any atom is -0.339 e. The van der Waals surface area contributed by atoms with E-state index in [1.165, 1.54) is 19.3 Å². The van der Waals surface area contributed by atoms with Gasteiger partial charge in [0.2, 0.25) is 5.91 Å². The molecule has 0 aromatic carbocycles. The zero-order valence-electron chi connectivity index (χ0n) is 10.2. The van der Waals surface area contributed by atoms with Crippen LogP contribution in [0, 0.1) is 0 Å². The number of amides is 1. The third kappa shape index (κ3) is 2.95. The first-order valence-electron chi connectivity index (χ1n) is 6.50. The van der Waals surface area contributed by atoms with E-state index in [1.54, 1.807) is 0 Å². The molecule has 1 amide bonds. The number of hydrogen-bond acceptors (Lipinski definition) is 3. The van der Waals surface area contributed by atoms with E-state index >= 15 is 0 Å². The standard InChI is InChI=1S/C12H23N3O/c1-11-4-2-3-7-15(11)12(16)10-14-8-5-13-6-9-14/h11,13H,2-10H2,1H3/t11-/m1/s1. The summed E-state index contributed by atoms with van der Waals surface area (Å²) in [5.74, 6) is 0.328. The Balaban J connectivity index is 1.81. The minimum absolute atomic E-state index is 0.328. The number of carbonyl (C=O) groups excluding carboxylic acids is 1. The highest BCUT2D eigenvalue weighted by atomic mass is 16.2. The summed E-state index contributed by atoms with van der Waals surface area (Å²) in [5.41, 5.74) is 0. The molecule has 0 aromatic rings. The summed E-state index contributed by atoms with van der Waals surface area (Å²) < 4.78 is 0. The number of nitrogens with zero attached hydrogens (tertiary/aromatic N) is 2. The summed E-state index contributed by atoms with van der Waals surface area (Å²) in [4.78, 5) is 16.5. The molecule has 16 heavy (non-hydrogen) atoms. The van der Waals surface area contributed by atoms with Crippen molar-refractivity contribution in [2.45, 2.75) is 32.2 Å². The fourth-order valence-corrected chi connectivity index (χ4v) is 2.62. The maximum absolute atomic E-state index is 12.1. The Bertz CT molecular complexity index is 238. The van der Waals surface area contributed by atoms with E-state index in [-0.39, 0.29) is 0 Å². The Morgan fingerprint density at radius 2 is 2.00 bits per heavy atom. The molecule has 4 heteroatoms. The van der Waals surface area contributed by atoms with Crippen molar-refractivity contribution in [3.8, 4) is 0 Å². The van der Waals surface area contributed by atoms with Crippen molar-refractivity contribution in [3.05, 3.63) is 0 Å². The van der Waals surface area contributed by atoms with Crippen LogP contribution >= 0.6 is 0 Å². The molecular weight excluding hydrogens is 202 g/mol. The SMILES string of the molecule is C[C@@H]1CCCCN1C(=O)CN1CCNCC1. The Hall–Kier alpha value is -0.610. The minimum atomic E-state index is 0.328. The third-order valence-electron chi connectivity index (χ3n) is 3.69. The van der Waals surface area contributed by atoms with E-state index < -0.39 is 0 Å². The number of nitrogens with one attached hydrogen (secondary N) is 1. The summed E-state index contributed by atoms with van der Waals surface area (Å²) in [6, 6.07) is 0.448. The predicted molar refractivity (Wildman–Crippen MR) is 64.3 cm³/mol. The molecule has 2 aliphatic rings. The highest BCUT2D eigenvalue weighted by molar-refractivity contribution is 5.78. The largest absolute Gasteiger partial charge is 0.339 e. The zero-order valence-corrected chi connectivity index (χ0v) is 10.2. The lowest BCUT2D eigenvalue weighted by Gasteiger charge is -2.36. The Morgan fingerprint density at radius 1 is 1.25 bits per heavy atom. The van der Waals surface area contributed by atoms with Gasteiger partial charge >= 0.3 is 0 Å². The van der Waals surface area contributed by atoms with Gasteiger partial charge in [-0.15, -0.1) is 0 Å². The van der Waals surface area contributed by atoms with Gasteiger partial charge in [0.05, 0.1) is 6.54 Å². The molecule has 0 spiro atoms. The molecule has 0 aromatic heterocycles. The van der Waals surface area contributed by atoms with Crippen LogP contribution in [0.1, 0.15) is 26.2 Å². The molecule has 0 radical (unpaired) electrons. The number of carbonyl (C=O) groups is 1. The van der Waals surface area contributed by atoms with Gasteiger partial charge in [-0.3, -0.25) is 9.69 Å². The predicted octanol–water partition coefficient (Wildman–Crippen LogP) is 0.293. The zero-order chi connectivity index (χ0) is 11.4. The molecule has 4 nitrogen and oxygen atoms in total. The molecule has 0 aliphatic carbocycles. The molecule has 2 saturated heterocycles. The lowest BCUT2D eigenvalue weighted by molar-refractivity contribution is -0.135. The molecular formula is C12H23N3O. The monoisotopic (exact) mass is 225 g/mol. The van der Waals surface area contributed by atoms with Crippen molar-refractivity contribution in [3.63, 3.8) is 0 Å². The van der Waals surface area contributed by atoms with Gasteiger partial charge in [-0.25, -0.2) is 0 Å². The Morgan fingerprint density at radius 3 is 2.69 bits per heavy atom. The lowest BCUT2D eigenvalue weighted by atomic mass is 10.0. The van der Waals surface area contributed by atoms with Crippen LogP contribution in [0.4, 0.5) is 0 Å². The van der Waals surface area contributed by atoms with Gasteiger partial charge < -0.3 is 10.2 Å². The molecule has 0 unspecified atom stereocenters. The van der Waals surface area contributed by atoms with E-state index in [2.05, 4.69) is 22.0 Å².